The molecule has 0 aromatic carbocycles. The third kappa shape index (κ3) is 3.88. The standard InChI is InChI=1S/C10H11F3N2O3/c1-5-2-8(18-10(11,12)13)15-7(4-14)6(5)3-9(16)17/h2H,3-4,14H2,1H3,(H,16,17). The van der Waals surface area contributed by atoms with Crippen LogP contribution in [0.5, 0.6) is 5.88 Å². The highest BCUT2D eigenvalue weighted by molar-refractivity contribution is 5.71. The number of alkyl halides is 3. The number of carbonyl (C=O) groups is 1. The van der Waals surface area contributed by atoms with E-state index in [-0.39, 0.29) is 18.7 Å². The molecule has 0 saturated heterocycles. The number of halogens is 3. The number of rotatable bonds is 4. The molecule has 0 fully saturated rings. The fourth-order valence-corrected chi connectivity index (χ4v) is 1.47. The average molecular weight is 264 g/mol. The molecule has 100 valence electrons. The van der Waals surface area contributed by atoms with Gasteiger partial charge in [-0.15, -0.1) is 13.2 Å². The van der Waals surface area contributed by atoms with Gasteiger partial charge in [-0.2, -0.15) is 0 Å². The number of aryl methyl sites for hydroxylation is 1. The van der Waals surface area contributed by atoms with Gasteiger partial charge in [0, 0.05) is 12.6 Å². The summed E-state index contributed by atoms with van der Waals surface area (Å²) in [5, 5.41) is 8.69. The maximum Gasteiger partial charge on any atom is 0.574 e. The van der Waals surface area contributed by atoms with E-state index in [1.54, 1.807) is 0 Å². The van der Waals surface area contributed by atoms with Gasteiger partial charge >= 0.3 is 12.3 Å². The minimum atomic E-state index is -4.85. The molecular weight excluding hydrogens is 253 g/mol. The van der Waals surface area contributed by atoms with Crippen LogP contribution in [0.4, 0.5) is 13.2 Å². The number of pyridine rings is 1. The molecule has 0 atom stereocenters. The van der Waals surface area contributed by atoms with E-state index < -0.39 is 18.2 Å². The van der Waals surface area contributed by atoms with E-state index in [2.05, 4.69) is 9.72 Å². The molecule has 0 unspecified atom stereocenters. The highest BCUT2D eigenvalue weighted by atomic mass is 19.4. The van der Waals surface area contributed by atoms with Gasteiger partial charge in [0.25, 0.3) is 0 Å². The van der Waals surface area contributed by atoms with Crippen LogP contribution in [0.3, 0.4) is 0 Å². The lowest BCUT2D eigenvalue weighted by Gasteiger charge is -2.13. The third-order valence-corrected chi connectivity index (χ3v) is 2.15. The smallest absolute Gasteiger partial charge is 0.481 e. The van der Waals surface area contributed by atoms with Gasteiger partial charge in [0.1, 0.15) is 0 Å². The van der Waals surface area contributed by atoms with Gasteiger partial charge in [-0.3, -0.25) is 4.79 Å². The Morgan fingerprint density at radius 3 is 2.61 bits per heavy atom. The molecule has 3 N–H and O–H groups in total. The van der Waals surface area contributed by atoms with Crippen LogP contribution >= 0.6 is 0 Å². The second-order valence-electron chi connectivity index (χ2n) is 3.53. The second kappa shape index (κ2) is 5.21. The lowest BCUT2D eigenvalue weighted by molar-refractivity contribution is -0.276. The highest BCUT2D eigenvalue weighted by Crippen LogP contribution is 2.24. The van der Waals surface area contributed by atoms with Gasteiger partial charge in [0.05, 0.1) is 12.1 Å². The average Bonchev–Trinajstić information content (AvgIpc) is 2.18. The van der Waals surface area contributed by atoms with Crippen molar-refractivity contribution in [3.8, 4) is 5.88 Å². The molecule has 18 heavy (non-hydrogen) atoms. The first-order valence-electron chi connectivity index (χ1n) is 4.90. The van der Waals surface area contributed by atoms with Crippen LogP contribution in [0.25, 0.3) is 0 Å². The molecule has 1 rings (SSSR count). The molecular formula is C10H11F3N2O3. The van der Waals surface area contributed by atoms with Crippen molar-refractivity contribution in [3.63, 3.8) is 0 Å². The summed E-state index contributed by atoms with van der Waals surface area (Å²) in [6.07, 6.45) is -5.20. The van der Waals surface area contributed by atoms with E-state index in [9.17, 15) is 18.0 Å². The normalized spacial score (nSPS) is 11.4. The molecule has 0 radical (unpaired) electrons. The second-order valence-corrected chi connectivity index (χ2v) is 3.53. The lowest BCUT2D eigenvalue weighted by Crippen LogP contribution is -2.19. The van der Waals surface area contributed by atoms with Crippen molar-refractivity contribution in [2.24, 2.45) is 5.73 Å². The minimum Gasteiger partial charge on any atom is -0.481 e. The van der Waals surface area contributed by atoms with Gasteiger partial charge in [-0.05, 0) is 18.1 Å². The van der Waals surface area contributed by atoms with E-state index in [4.69, 9.17) is 10.8 Å². The van der Waals surface area contributed by atoms with E-state index in [1.165, 1.54) is 6.92 Å². The van der Waals surface area contributed by atoms with Crippen molar-refractivity contribution in [1.82, 2.24) is 4.98 Å². The highest BCUT2D eigenvalue weighted by Gasteiger charge is 2.32. The Bertz CT molecular complexity index is 460. The van der Waals surface area contributed by atoms with Crippen molar-refractivity contribution < 1.29 is 27.8 Å². The number of nitrogens with zero attached hydrogens (tertiary/aromatic N) is 1. The molecule has 0 aliphatic carbocycles. The summed E-state index contributed by atoms with van der Waals surface area (Å²) in [6.45, 7) is 1.31. The minimum absolute atomic E-state index is 0.0802. The molecule has 0 spiro atoms. The van der Waals surface area contributed by atoms with Crippen LogP contribution in [-0.4, -0.2) is 22.4 Å². The van der Waals surface area contributed by atoms with E-state index >= 15 is 0 Å². The van der Waals surface area contributed by atoms with Crippen LogP contribution in [0.15, 0.2) is 6.07 Å². The third-order valence-electron chi connectivity index (χ3n) is 2.15. The Morgan fingerprint density at radius 1 is 1.56 bits per heavy atom. The van der Waals surface area contributed by atoms with Crippen LogP contribution in [0.2, 0.25) is 0 Å². The molecule has 1 heterocycles. The maximum absolute atomic E-state index is 12.0. The molecule has 1 aromatic rings. The zero-order chi connectivity index (χ0) is 13.9. The molecule has 0 aliphatic rings. The largest absolute Gasteiger partial charge is 0.574 e. The fourth-order valence-electron chi connectivity index (χ4n) is 1.47. The van der Waals surface area contributed by atoms with E-state index in [0.717, 1.165) is 6.07 Å². The molecule has 0 aliphatic heterocycles. The van der Waals surface area contributed by atoms with Crippen molar-refractivity contribution in [2.75, 3.05) is 0 Å². The number of carboxylic acids is 1. The summed E-state index contributed by atoms with van der Waals surface area (Å²) in [6, 6.07) is 1.03. The molecule has 0 saturated carbocycles. The number of hydrogen-bond donors (Lipinski definition) is 2. The summed E-state index contributed by atoms with van der Waals surface area (Å²) in [5.74, 6) is -1.76. The van der Waals surface area contributed by atoms with Crippen molar-refractivity contribution in [1.29, 1.82) is 0 Å². The summed E-state index contributed by atoms with van der Waals surface area (Å²) < 4.78 is 39.8. The Labute approximate surface area is 100 Å². The quantitative estimate of drug-likeness (QED) is 0.857. The van der Waals surface area contributed by atoms with Crippen molar-refractivity contribution in [2.45, 2.75) is 26.3 Å². The van der Waals surface area contributed by atoms with Gasteiger partial charge < -0.3 is 15.6 Å². The van der Waals surface area contributed by atoms with Crippen molar-refractivity contribution >= 4 is 5.97 Å². The lowest BCUT2D eigenvalue weighted by atomic mass is 10.0. The molecule has 8 heteroatoms. The Balaban J connectivity index is 3.14. The van der Waals surface area contributed by atoms with Crippen molar-refractivity contribution in [3.05, 3.63) is 22.9 Å². The Kier molecular flexibility index (Phi) is 4.12. The van der Waals surface area contributed by atoms with Gasteiger partial charge in [-0.25, -0.2) is 4.98 Å². The zero-order valence-electron chi connectivity index (χ0n) is 9.41. The zero-order valence-corrected chi connectivity index (χ0v) is 9.41. The number of nitrogens with two attached hydrogens (primary N) is 1. The first-order chi connectivity index (χ1) is 8.23. The number of aliphatic carboxylic acids is 1. The first-order valence-corrected chi connectivity index (χ1v) is 4.90. The number of hydrogen-bond acceptors (Lipinski definition) is 4. The summed E-state index contributed by atoms with van der Waals surface area (Å²) in [4.78, 5) is 14.2. The maximum atomic E-state index is 12.0. The first kappa shape index (κ1) is 14.2. The van der Waals surface area contributed by atoms with Crippen LogP contribution < -0.4 is 10.5 Å². The van der Waals surface area contributed by atoms with Gasteiger partial charge in [0.2, 0.25) is 5.88 Å². The predicted molar refractivity (Wildman–Crippen MR) is 54.9 cm³/mol. The number of ether oxygens (including phenoxy) is 1. The molecule has 1 aromatic heterocycles. The topological polar surface area (TPSA) is 85.4 Å². The Hall–Kier alpha value is -1.83. The molecule has 5 nitrogen and oxygen atoms in total. The van der Waals surface area contributed by atoms with Crippen LogP contribution in [-0.2, 0) is 17.8 Å². The van der Waals surface area contributed by atoms with Gasteiger partial charge in [0.15, 0.2) is 0 Å². The Morgan fingerprint density at radius 2 is 2.17 bits per heavy atom. The van der Waals surface area contributed by atoms with Gasteiger partial charge in [-0.1, -0.05) is 0 Å². The fraction of sp³-hybridized carbons (Fsp3) is 0.400. The predicted octanol–water partition coefficient (Wildman–Crippen LogP) is 1.37. The summed E-state index contributed by atoms with van der Waals surface area (Å²) in [5.41, 5.74) is 6.06. The molecule has 0 amide bonds. The molecule has 0 bridgehead atoms. The summed E-state index contributed by atoms with van der Waals surface area (Å²) >= 11 is 0. The van der Waals surface area contributed by atoms with E-state index in [1.807, 2.05) is 0 Å². The van der Waals surface area contributed by atoms with E-state index in [0.29, 0.717) is 11.1 Å². The number of aromatic nitrogens is 1. The van der Waals surface area contributed by atoms with Crippen LogP contribution in [0.1, 0.15) is 16.8 Å². The SMILES string of the molecule is Cc1cc(OC(F)(F)F)nc(CN)c1CC(=O)O. The van der Waals surface area contributed by atoms with Crippen LogP contribution in [0, 0.1) is 6.92 Å². The number of carboxylic acid groups (broad SMARTS) is 1. The monoisotopic (exact) mass is 264 g/mol. The summed E-state index contributed by atoms with van der Waals surface area (Å²) in [7, 11) is 0.